The molecule has 0 aliphatic rings. The van der Waals surface area contributed by atoms with Crippen molar-refractivity contribution in [1.82, 2.24) is 4.98 Å². The van der Waals surface area contributed by atoms with Gasteiger partial charge in [-0.1, -0.05) is 23.5 Å². The summed E-state index contributed by atoms with van der Waals surface area (Å²) in [5.74, 6) is 0.730. The molecular formula is C14H18ClN3O2S. The van der Waals surface area contributed by atoms with Crippen LogP contribution >= 0.6 is 23.7 Å². The van der Waals surface area contributed by atoms with E-state index >= 15 is 0 Å². The molecule has 0 spiro atoms. The molecule has 0 radical (unpaired) electrons. The van der Waals surface area contributed by atoms with E-state index in [1.165, 1.54) is 11.3 Å². The average Bonchev–Trinajstić information content (AvgIpc) is 2.93. The van der Waals surface area contributed by atoms with Gasteiger partial charge in [-0.25, -0.2) is 4.98 Å². The summed E-state index contributed by atoms with van der Waals surface area (Å²) in [6, 6.07) is 7.66. The number of nitrogens with zero attached hydrogens (tertiary/aromatic N) is 1. The molecule has 1 amide bonds. The molecule has 1 heterocycles. The van der Waals surface area contributed by atoms with Crippen molar-refractivity contribution >= 4 is 34.7 Å². The Balaban J connectivity index is 0.00000220. The van der Waals surface area contributed by atoms with Crippen molar-refractivity contribution in [3.63, 3.8) is 0 Å². The largest absolute Gasteiger partial charge is 0.496 e. The quantitative estimate of drug-likeness (QED) is 0.855. The number of carbonyl (C=O) groups is 1. The molecule has 114 valence electrons. The Kier molecular flexibility index (Phi) is 7.14. The van der Waals surface area contributed by atoms with Crippen LogP contribution in [0.25, 0.3) is 10.6 Å². The molecule has 7 heteroatoms. The Morgan fingerprint density at radius 3 is 2.90 bits per heavy atom. The second-order valence-corrected chi connectivity index (χ2v) is 5.20. The molecular weight excluding hydrogens is 310 g/mol. The van der Waals surface area contributed by atoms with Crippen molar-refractivity contribution in [2.45, 2.75) is 12.8 Å². The molecule has 1 aromatic carbocycles. The van der Waals surface area contributed by atoms with E-state index in [2.05, 4.69) is 10.3 Å². The van der Waals surface area contributed by atoms with Crippen LogP contribution in [0.3, 0.4) is 0 Å². The van der Waals surface area contributed by atoms with Gasteiger partial charge in [0.15, 0.2) is 0 Å². The number of hydrogen-bond acceptors (Lipinski definition) is 5. The van der Waals surface area contributed by atoms with E-state index in [4.69, 9.17) is 10.5 Å². The maximum atomic E-state index is 11.6. The average molecular weight is 328 g/mol. The molecule has 2 rings (SSSR count). The number of anilines is 1. The number of benzene rings is 1. The minimum atomic E-state index is -0.0364. The van der Waals surface area contributed by atoms with E-state index in [9.17, 15) is 4.79 Å². The Morgan fingerprint density at radius 2 is 2.19 bits per heavy atom. The Labute approximate surface area is 133 Å². The maximum Gasteiger partial charge on any atom is 0.225 e. The van der Waals surface area contributed by atoms with Gasteiger partial charge in [0.05, 0.1) is 18.9 Å². The van der Waals surface area contributed by atoms with Crippen LogP contribution in [0.15, 0.2) is 30.5 Å². The third kappa shape index (κ3) is 4.70. The molecule has 0 saturated heterocycles. The summed E-state index contributed by atoms with van der Waals surface area (Å²) < 4.78 is 5.31. The van der Waals surface area contributed by atoms with Crippen molar-refractivity contribution in [1.29, 1.82) is 0 Å². The Bertz CT molecular complexity index is 589. The van der Waals surface area contributed by atoms with Crippen molar-refractivity contribution in [3.05, 3.63) is 30.5 Å². The summed E-state index contributed by atoms with van der Waals surface area (Å²) in [5.41, 5.74) is 6.30. The van der Waals surface area contributed by atoms with Gasteiger partial charge in [-0.15, -0.1) is 12.4 Å². The number of aromatic nitrogens is 1. The fourth-order valence-corrected chi connectivity index (χ4v) is 2.60. The molecule has 0 aliphatic carbocycles. The van der Waals surface area contributed by atoms with Crippen LogP contribution in [0, 0.1) is 0 Å². The van der Waals surface area contributed by atoms with Gasteiger partial charge in [-0.2, -0.15) is 0 Å². The van der Waals surface area contributed by atoms with Crippen molar-refractivity contribution in [3.8, 4) is 16.3 Å². The van der Waals surface area contributed by atoms with Crippen LogP contribution < -0.4 is 15.8 Å². The van der Waals surface area contributed by atoms with Gasteiger partial charge in [-0.3, -0.25) is 4.79 Å². The molecule has 1 aromatic heterocycles. The van der Waals surface area contributed by atoms with Gasteiger partial charge >= 0.3 is 0 Å². The van der Waals surface area contributed by atoms with E-state index in [-0.39, 0.29) is 18.3 Å². The van der Waals surface area contributed by atoms with Gasteiger partial charge in [0.2, 0.25) is 5.91 Å². The van der Waals surface area contributed by atoms with Crippen LogP contribution in [-0.4, -0.2) is 24.5 Å². The van der Waals surface area contributed by atoms with Gasteiger partial charge in [0, 0.05) is 6.42 Å². The molecule has 0 bridgehead atoms. The number of ether oxygens (including phenoxy) is 1. The second kappa shape index (κ2) is 8.61. The van der Waals surface area contributed by atoms with E-state index < -0.39 is 0 Å². The first kappa shape index (κ1) is 17.4. The predicted molar refractivity (Wildman–Crippen MR) is 88.3 cm³/mol. The predicted octanol–water partition coefficient (Wildman–Crippen LogP) is 2.92. The first-order chi connectivity index (χ1) is 9.74. The summed E-state index contributed by atoms with van der Waals surface area (Å²) in [6.45, 7) is 0.516. The third-order valence-electron chi connectivity index (χ3n) is 2.71. The highest BCUT2D eigenvalue weighted by Crippen LogP contribution is 2.34. The summed E-state index contributed by atoms with van der Waals surface area (Å²) in [7, 11) is 1.63. The molecule has 21 heavy (non-hydrogen) atoms. The standard InChI is InChI=1S/C14H17N3O2S.ClH/c1-19-11-6-3-2-5-10(11)14-16-9-13(20-14)17-12(18)7-4-8-15;/h2-3,5-6,9H,4,7-8,15H2,1H3,(H,17,18);1H. The summed E-state index contributed by atoms with van der Waals surface area (Å²) in [4.78, 5) is 16.0. The highest BCUT2D eigenvalue weighted by Gasteiger charge is 2.11. The molecule has 0 fully saturated rings. The van der Waals surface area contributed by atoms with Gasteiger partial charge in [-0.05, 0) is 25.1 Å². The zero-order valence-electron chi connectivity index (χ0n) is 11.7. The highest BCUT2D eigenvalue weighted by atomic mass is 35.5. The van der Waals surface area contributed by atoms with Gasteiger partial charge < -0.3 is 15.8 Å². The topological polar surface area (TPSA) is 77.2 Å². The van der Waals surface area contributed by atoms with Crippen LogP contribution in [0.4, 0.5) is 5.00 Å². The number of nitrogens with two attached hydrogens (primary N) is 1. The number of methoxy groups -OCH3 is 1. The summed E-state index contributed by atoms with van der Waals surface area (Å²) >= 11 is 1.42. The number of rotatable bonds is 6. The number of amides is 1. The minimum absolute atomic E-state index is 0. The smallest absolute Gasteiger partial charge is 0.225 e. The summed E-state index contributed by atoms with van der Waals surface area (Å²) in [5, 5.41) is 4.37. The number of halogens is 1. The number of para-hydroxylation sites is 1. The maximum absolute atomic E-state index is 11.6. The Hall–Kier alpha value is -1.63. The molecule has 2 aromatic rings. The Morgan fingerprint density at radius 1 is 1.43 bits per heavy atom. The number of nitrogens with one attached hydrogen (secondary N) is 1. The zero-order chi connectivity index (χ0) is 14.4. The highest BCUT2D eigenvalue weighted by molar-refractivity contribution is 7.19. The third-order valence-corrected chi connectivity index (χ3v) is 3.66. The van der Waals surface area contributed by atoms with Gasteiger partial charge in [0.1, 0.15) is 15.8 Å². The van der Waals surface area contributed by atoms with Crippen LogP contribution in [0.5, 0.6) is 5.75 Å². The van der Waals surface area contributed by atoms with Crippen molar-refractivity contribution in [2.24, 2.45) is 5.73 Å². The minimum Gasteiger partial charge on any atom is -0.496 e. The lowest BCUT2D eigenvalue weighted by atomic mass is 10.2. The molecule has 0 atom stereocenters. The van der Waals surface area contributed by atoms with Crippen LogP contribution in [0.2, 0.25) is 0 Å². The van der Waals surface area contributed by atoms with E-state index in [0.29, 0.717) is 19.4 Å². The second-order valence-electron chi connectivity index (χ2n) is 4.17. The fraction of sp³-hybridized carbons (Fsp3) is 0.286. The molecule has 0 unspecified atom stereocenters. The van der Waals surface area contributed by atoms with E-state index in [1.54, 1.807) is 13.3 Å². The monoisotopic (exact) mass is 327 g/mol. The molecule has 3 N–H and O–H groups in total. The molecule has 0 saturated carbocycles. The van der Waals surface area contributed by atoms with Crippen LogP contribution in [-0.2, 0) is 4.79 Å². The van der Waals surface area contributed by atoms with Crippen molar-refractivity contribution < 1.29 is 9.53 Å². The van der Waals surface area contributed by atoms with Gasteiger partial charge in [0.25, 0.3) is 0 Å². The first-order valence-electron chi connectivity index (χ1n) is 6.33. The lowest BCUT2D eigenvalue weighted by Gasteiger charge is -2.04. The molecule has 5 nitrogen and oxygen atoms in total. The normalized spacial score (nSPS) is 9.81. The SMILES string of the molecule is COc1ccccc1-c1ncc(NC(=O)CCCN)s1.Cl. The lowest BCUT2D eigenvalue weighted by Crippen LogP contribution is -2.12. The zero-order valence-corrected chi connectivity index (χ0v) is 13.3. The number of hydrogen-bond donors (Lipinski definition) is 2. The first-order valence-corrected chi connectivity index (χ1v) is 7.15. The van der Waals surface area contributed by atoms with Crippen molar-refractivity contribution in [2.75, 3.05) is 19.0 Å². The fourth-order valence-electron chi connectivity index (χ4n) is 1.74. The van der Waals surface area contributed by atoms with E-state index in [0.717, 1.165) is 21.3 Å². The lowest BCUT2D eigenvalue weighted by molar-refractivity contribution is -0.116. The molecule has 0 aliphatic heterocycles. The number of carbonyl (C=O) groups excluding carboxylic acids is 1. The van der Waals surface area contributed by atoms with Crippen LogP contribution in [0.1, 0.15) is 12.8 Å². The van der Waals surface area contributed by atoms with E-state index in [1.807, 2.05) is 24.3 Å². The number of thiazole rings is 1. The summed E-state index contributed by atoms with van der Waals surface area (Å²) in [6.07, 6.45) is 2.77.